The fraction of sp³-hybridized carbons (Fsp3) is 0.512. The number of hydrogen-bond acceptors (Lipinski definition) is 8. The van der Waals surface area contributed by atoms with Crippen LogP contribution in [0.15, 0.2) is 109 Å². The smallest absolute Gasteiger partial charge is 0.872 e. The van der Waals surface area contributed by atoms with Gasteiger partial charge in [0.2, 0.25) is 0 Å². The van der Waals surface area contributed by atoms with E-state index in [0.717, 1.165) is 93.2 Å². The summed E-state index contributed by atoms with van der Waals surface area (Å²) in [5.41, 5.74) is 15.1. The SMILES string of the molecule is CC(C)c1cccc(C(C)C)c1/C([O-])=C(/[O-])c1c(C(C)C)cccc1C(C)C.CC(C)c1cccc(C(C)C)c1/C([O-])=C(/[O-])c1c(C(C)C)cccc1C(C)C.CC(C)c1cccc(C(C)C)c1/C([O-])=C(/[O-])c1c(C(C)C)cccc1C(C)C.CCOCC.CCOCC.[Na+].[Na+].[V+4]. The molecule has 6 aromatic carbocycles. The molecule has 0 aliphatic rings. The minimum absolute atomic E-state index is 0. The van der Waals surface area contributed by atoms with E-state index >= 15 is 0 Å². The van der Waals surface area contributed by atoms with Gasteiger partial charge in [0.15, 0.2) is 0 Å². The molecule has 0 spiro atoms. The molecule has 0 aromatic heterocycles. The molecule has 521 valence electrons. The second-order valence-corrected chi connectivity index (χ2v) is 28.3. The summed E-state index contributed by atoms with van der Waals surface area (Å²) < 4.78 is 9.67. The maximum Gasteiger partial charge on any atom is 4.00 e. The van der Waals surface area contributed by atoms with Crippen molar-refractivity contribution in [1.29, 1.82) is 0 Å². The van der Waals surface area contributed by atoms with Crippen LogP contribution in [0.25, 0.3) is 34.6 Å². The Hall–Kier alpha value is -4.16. The van der Waals surface area contributed by atoms with Crippen LogP contribution in [0.5, 0.6) is 0 Å². The van der Waals surface area contributed by atoms with Crippen molar-refractivity contribution in [3.05, 3.63) is 209 Å². The van der Waals surface area contributed by atoms with Crippen molar-refractivity contribution in [2.24, 2.45) is 0 Å². The average Bonchev–Trinajstić information content (AvgIpc) is 0.792. The van der Waals surface area contributed by atoms with Crippen LogP contribution in [-0.2, 0) is 28.0 Å². The van der Waals surface area contributed by atoms with Crippen molar-refractivity contribution >= 4 is 34.6 Å². The number of hydrogen-bond donors (Lipinski definition) is 0. The molecule has 0 bridgehead atoms. The maximum atomic E-state index is 13.6. The minimum atomic E-state index is -0.372. The Morgan fingerprint density at radius 2 is 0.299 bits per heavy atom. The Bertz CT molecular complexity index is 2670. The van der Waals surface area contributed by atoms with Gasteiger partial charge < -0.3 is 40.1 Å². The molecule has 1 radical (unpaired) electrons. The predicted octanol–water partition coefficient (Wildman–Crippen LogP) is 13.3. The van der Waals surface area contributed by atoms with Gasteiger partial charge in [0.25, 0.3) is 0 Å². The van der Waals surface area contributed by atoms with Crippen molar-refractivity contribution in [1.82, 2.24) is 0 Å². The van der Waals surface area contributed by atoms with Crippen molar-refractivity contribution in [3.63, 3.8) is 0 Å². The van der Waals surface area contributed by atoms with E-state index in [4.69, 9.17) is 9.47 Å². The van der Waals surface area contributed by atoms with E-state index in [2.05, 4.69) is 166 Å². The zero-order chi connectivity index (χ0) is 71.8. The third kappa shape index (κ3) is 26.3. The number of benzene rings is 6. The summed E-state index contributed by atoms with van der Waals surface area (Å²) in [7, 11) is 0. The van der Waals surface area contributed by atoms with Crippen molar-refractivity contribution in [3.8, 4) is 0 Å². The van der Waals surface area contributed by atoms with Gasteiger partial charge in [-0.15, -0.1) is 34.6 Å². The minimum Gasteiger partial charge on any atom is -0.872 e. The van der Waals surface area contributed by atoms with Crippen LogP contribution >= 0.6 is 0 Å². The van der Waals surface area contributed by atoms with Crippen LogP contribution in [0.4, 0.5) is 0 Å². The summed E-state index contributed by atoms with van der Waals surface area (Å²) in [4.78, 5) is 0. The molecule has 97 heavy (non-hydrogen) atoms. The molecule has 0 aliphatic heterocycles. The maximum absolute atomic E-state index is 13.6. The first-order valence-electron chi connectivity index (χ1n) is 35.2. The summed E-state index contributed by atoms with van der Waals surface area (Å²) in [5.74, 6) is -0.118. The van der Waals surface area contributed by atoms with E-state index in [0.29, 0.717) is 33.4 Å². The average molecular weight is 1380 g/mol. The second-order valence-electron chi connectivity index (χ2n) is 28.3. The Morgan fingerprint density at radius 1 is 0.216 bits per heavy atom. The van der Waals surface area contributed by atoms with Crippen LogP contribution in [0.1, 0.15) is 365 Å². The van der Waals surface area contributed by atoms with E-state index in [1.807, 2.05) is 137 Å². The van der Waals surface area contributed by atoms with E-state index in [1.165, 1.54) is 0 Å². The van der Waals surface area contributed by atoms with Crippen molar-refractivity contribution in [2.75, 3.05) is 26.4 Å². The van der Waals surface area contributed by atoms with E-state index in [9.17, 15) is 30.6 Å². The molecule has 0 N–H and O–H groups in total. The fourth-order valence-corrected chi connectivity index (χ4v) is 12.0. The quantitative estimate of drug-likeness (QED) is 0.0369. The third-order valence-electron chi connectivity index (χ3n) is 17.0. The Balaban J connectivity index is 0. The largest absolute Gasteiger partial charge is 4.00 e. The van der Waals surface area contributed by atoms with Crippen molar-refractivity contribution < 1.29 is 118 Å². The van der Waals surface area contributed by atoms with Gasteiger partial charge in [0.1, 0.15) is 0 Å². The third-order valence-corrected chi connectivity index (χ3v) is 17.0. The number of rotatable bonds is 22. The summed E-state index contributed by atoms with van der Waals surface area (Å²) in [6.07, 6.45) is 0. The van der Waals surface area contributed by atoms with Gasteiger partial charge >= 0.3 is 77.7 Å². The molecule has 11 heteroatoms. The van der Waals surface area contributed by atoms with Gasteiger partial charge in [-0.05, 0) is 199 Å². The van der Waals surface area contributed by atoms with Crippen LogP contribution in [0.3, 0.4) is 0 Å². The van der Waals surface area contributed by atoms with Gasteiger partial charge in [-0.3, -0.25) is 0 Å². The molecule has 0 atom stereocenters. The molecule has 8 nitrogen and oxygen atoms in total. The predicted molar refractivity (Wildman–Crippen MR) is 392 cm³/mol. The van der Waals surface area contributed by atoms with Crippen LogP contribution in [0.2, 0.25) is 0 Å². The summed E-state index contributed by atoms with van der Waals surface area (Å²) in [5, 5.41) is 81.6. The Labute approximate surface area is 647 Å². The molecule has 0 saturated carbocycles. The summed E-state index contributed by atoms with van der Waals surface area (Å²) >= 11 is 0. The van der Waals surface area contributed by atoms with Gasteiger partial charge in [-0.1, -0.05) is 275 Å². The van der Waals surface area contributed by atoms with Crippen molar-refractivity contribution in [2.45, 2.75) is 265 Å². The zero-order valence-electron chi connectivity index (χ0n) is 65.9. The number of ether oxygens (including phenoxy) is 2. The molecule has 0 saturated heterocycles. The zero-order valence-corrected chi connectivity index (χ0v) is 71.3. The molecule has 6 aromatic rings. The van der Waals surface area contributed by atoms with E-state index in [-0.39, 0.29) is 183 Å². The standard InChI is InChI=1S/3C26H36O2.2C4H10O.2Na.V/c3*1-15(2)19-11-9-12-20(16(3)4)23(19)25(27)26(28)24-21(17(5)6)13-10-14-22(24)18(7)8;2*1-3-5-4-2;;;/h3*9-18,27-28H,1-8H3;2*3-4H2,1-2H3;;;/q;;;;;2*+1;+4/p-6/b3*26-25-;;;;;. The molecule has 6 rings (SSSR count). The topological polar surface area (TPSA) is 157 Å². The Kier molecular flexibility index (Phi) is 45.4. The molecule has 0 fully saturated rings. The second kappa shape index (κ2) is 46.4. The monoisotopic (exact) mass is 1380 g/mol. The van der Waals surface area contributed by atoms with Gasteiger partial charge in [-0.25, -0.2) is 0 Å². The van der Waals surface area contributed by atoms with E-state index < -0.39 is 0 Å². The molecule has 0 aliphatic carbocycles. The van der Waals surface area contributed by atoms with Gasteiger partial charge in [-0.2, -0.15) is 0 Å². The first kappa shape index (κ1) is 94.9. The normalized spacial score (nSPS) is 12.1. The van der Waals surface area contributed by atoms with Gasteiger partial charge in [0.05, 0.1) is 0 Å². The van der Waals surface area contributed by atoms with E-state index in [1.54, 1.807) is 0 Å². The Morgan fingerprint density at radius 3 is 0.351 bits per heavy atom. The van der Waals surface area contributed by atoms with Crippen LogP contribution in [0, 0.1) is 0 Å². The van der Waals surface area contributed by atoms with Gasteiger partial charge in [0, 0.05) is 26.4 Å². The summed E-state index contributed by atoms with van der Waals surface area (Å²) in [6.45, 7) is 61.1. The first-order valence-corrected chi connectivity index (χ1v) is 35.2. The van der Waals surface area contributed by atoms with Crippen LogP contribution < -0.4 is 89.8 Å². The molecular weight excluding hydrogens is 1260 g/mol. The summed E-state index contributed by atoms with van der Waals surface area (Å²) in [6, 6.07) is 35.7. The molecule has 0 amide bonds. The molecular formula is C86H122Na2O8V. The molecule has 0 heterocycles. The first-order chi connectivity index (χ1) is 44.0. The molecule has 0 unspecified atom stereocenters. The fourth-order valence-electron chi connectivity index (χ4n) is 12.0. The van der Waals surface area contributed by atoms with Crippen LogP contribution in [-0.4, -0.2) is 26.4 Å².